The topological polar surface area (TPSA) is 77.1 Å². The number of hydrogen-bond donors (Lipinski definition) is 1. The molecular weight excluding hydrogens is 408 g/mol. The van der Waals surface area contributed by atoms with Crippen molar-refractivity contribution in [3.63, 3.8) is 0 Å². The average molecular weight is 431 g/mol. The number of amides is 2. The van der Waals surface area contributed by atoms with Crippen LogP contribution in [0.2, 0.25) is 5.02 Å². The molecule has 2 aromatic rings. The summed E-state index contributed by atoms with van der Waals surface area (Å²) in [5.74, 6) is 1.09. The average Bonchev–Trinajstić information content (AvgIpc) is 3.23. The quantitative estimate of drug-likeness (QED) is 0.748. The van der Waals surface area contributed by atoms with Crippen LogP contribution in [0.15, 0.2) is 36.4 Å². The molecule has 1 heterocycles. The maximum absolute atomic E-state index is 12.7. The molecule has 0 saturated heterocycles. The van der Waals surface area contributed by atoms with Crippen LogP contribution in [0.3, 0.4) is 0 Å². The fourth-order valence-corrected chi connectivity index (χ4v) is 3.89. The molecule has 1 aliphatic heterocycles. The molecule has 30 heavy (non-hydrogen) atoms. The van der Waals surface area contributed by atoms with E-state index in [1.54, 1.807) is 43.5 Å². The molecule has 158 valence electrons. The molecule has 8 heteroatoms. The van der Waals surface area contributed by atoms with E-state index in [0.29, 0.717) is 33.6 Å². The summed E-state index contributed by atoms with van der Waals surface area (Å²) in [5.41, 5.74) is 1.05. The zero-order chi connectivity index (χ0) is 21.1. The highest BCUT2D eigenvalue weighted by Gasteiger charge is 2.28. The molecule has 0 spiro atoms. The number of fused-ring (bicyclic) bond motifs is 1. The summed E-state index contributed by atoms with van der Waals surface area (Å²) in [6.45, 7) is -0.274. The van der Waals surface area contributed by atoms with Gasteiger partial charge in [-0.1, -0.05) is 11.6 Å². The minimum atomic E-state index is -0.340. The van der Waals surface area contributed by atoms with Crippen molar-refractivity contribution in [1.29, 1.82) is 0 Å². The number of carbonyl (C=O) groups excluding carboxylic acids is 2. The molecule has 1 saturated carbocycles. The number of benzene rings is 2. The van der Waals surface area contributed by atoms with Gasteiger partial charge >= 0.3 is 0 Å². The molecule has 2 amide bonds. The lowest BCUT2D eigenvalue weighted by Crippen LogP contribution is -2.43. The minimum absolute atomic E-state index is 0.121. The Kier molecular flexibility index (Phi) is 5.99. The van der Waals surface area contributed by atoms with Gasteiger partial charge in [0.15, 0.2) is 18.1 Å². The molecular formula is C22H23ClN2O5. The molecule has 1 fully saturated rings. The summed E-state index contributed by atoms with van der Waals surface area (Å²) in [4.78, 5) is 26.4. The highest BCUT2D eigenvalue weighted by molar-refractivity contribution is 6.31. The van der Waals surface area contributed by atoms with E-state index in [1.165, 1.54) is 4.90 Å². The van der Waals surface area contributed by atoms with Gasteiger partial charge in [0, 0.05) is 16.8 Å². The third-order valence-corrected chi connectivity index (χ3v) is 5.44. The standard InChI is InChI=1S/C22H23ClN2O5/c1-28-19-9-7-15(11-20(19)30-16-4-2-3-5-16)24-21(26)12-25-17-10-14(23)6-8-18(17)29-13-22(25)27/h6-11,16H,2-5,12-13H2,1H3,(H,24,26). The zero-order valence-corrected chi connectivity index (χ0v) is 17.4. The Morgan fingerprint density at radius 3 is 2.77 bits per heavy atom. The second-order valence-electron chi connectivity index (χ2n) is 7.32. The monoisotopic (exact) mass is 430 g/mol. The lowest BCUT2D eigenvalue weighted by molar-refractivity contribution is -0.123. The van der Waals surface area contributed by atoms with Gasteiger partial charge in [-0.2, -0.15) is 0 Å². The van der Waals surface area contributed by atoms with E-state index in [2.05, 4.69) is 5.32 Å². The Morgan fingerprint density at radius 1 is 1.20 bits per heavy atom. The second-order valence-corrected chi connectivity index (χ2v) is 7.76. The number of anilines is 2. The van der Waals surface area contributed by atoms with E-state index >= 15 is 0 Å². The zero-order valence-electron chi connectivity index (χ0n) is 16.7. The third-order valence-electron chi connectivity index (χ3n) is 5.21. The number of halogens is 1. The highest BCUT2D eigenvalue weighted by atomic mass is 35.5. The smallest absolute Gasteiger partial charge is 0.265 e. The predicted molar refractivity (Wildman–Crippen MR) is 114 cm³/mol. The fraction of sp³-hybridized carbons (Fsp3) is 0.364. The van der Waals surface area contributed by atoms with Gasteiger partial charge in [0.25, 0.3) is 5.91 Å². The third kappa shape index (κ3) is 4.46. The van der Waals surface area contributed by atoms with Crippen LogP contribution in [-0.4, -0.2) is 38.2 Å². The summed E-state index contributed by atoms with van der Waals surface area (Å²) < 4.78 is 16.9. The Hall–Kier alpha value is -2.93. The van der Waals surface area contributed by atoms with E-state index in [-0.39, 0.29) is 31.1 Å². The maximum atomic E-state index is 12.7. The van der Waals surface area contributed by atoms with Crippen molar-refractivity contribution in [3.05, 3.63) is 41.4 Å². The normalized spacial score (nSPS) is 16.1. The fourth-order valence-electron chi connectivity index (χ4n) is 3.73. The molecule has 0 aromatic heterocycles. The van der Waals surface area contributed by atoms with E-state index in [9.17, 15) is 9.59 Å². The first-order valence-electron chi connectivity index (χ1n) is 9.91. The van der Waals surface area contributed by atoms with Gasteiger partial charge in [0.2, 0.25) is 5.91 Å². The van der Waals surface area contributed by atoms with E-state index in [4.69, 9.17) is 25.8 Å². The number of ether oxygens (including phenoxy) is 3. The van der Waals surface area contributed by atoms with Crippen LogP contribution < -0.4 is 24.4 Å². The minimum Gasteiger partial charge on any atom is -0.493 e. The summed E-state index contributed by atoms with van der Waals surface area (Å²) in [5, 5.41) is 3.29. The summed E-state index contributed by atoms with van der Waals surface area (Å²) in [7, 11) is 1.59. The van der Waals surface area contributed by atoms with Crippen LogP contribution in [0.4, 0.5) is 11.4 Å². The SMILES string of the molecule is COc1ccc(NC(=O)CN2C(=O)COc3ccc(Cl)cc32)cc1OC1CCCC1. The van der Waals surface area contributed by atoms with Gasteiger partial charge < -0.3 is 19.5 Å². The van der Waals surface area contributed by atoms with Crippen molar-refractivity contribution in [2.24, 2.45) is 0 Å². The Bertz CT molecular complexity index is 959. The van der Waals surface area contributed by atoms with Crippen LogP contribution >= 0.6 is 11.6 Å². The largest absolute Gasteiger partial charge is 0.493 e. The molecule has 0 radical (unpaired) electrons. The van der Waals surface area contributed by atoms with Crippen molar-refractivity contribution in [3.8, 4) is 17.2 Å². The first kappa shape index (κ1) is 20.3. The molecule has 2 aliphatic rings. The lowest BCUT2D eigenvalue weighted by Gasteiger charge is -2.29. The molecule has 2 aromatic carbocycles. The van der Waals surface area contributed by atoms with Crippen LogP contribution in [0, 0.1) is 0 Å². The number of hydrogen-bond acceptors (Lipinski definition) is 5. The lowest BCUT2D eigenvalue weighted by atomic mass is 10.2. The van der Waals surface area contributed by atoms with Crippen LogP contribution in [0.5, 0.6) is 17.2 Å². The first-order valence-corrected chi connectivity index (χ1v) is 10.3. The molecule has 0 bridgehead atoms. The molecule has 4 rings (SSSR count). The maximum Gasteiger partial charge on any atom is 0.265 e. The van der Waals surface area contributed by atoms with Gasteiger partial charge in [-0.3, -0.25) is 14.5 Å². The number of nitrogens with zero attached hydrogens (tertiary/aromatic N) is 1. The Morgan fingerprint density at radius 2 is 2.00 bits per heavy atom. The molecule has 7 nitrogen and oxygen atoms in total. The Balaban J connectivity index is 1.48. The van der Waals surface area contributed by atoms with Gasteiger partial charge in [-0.05, 0) is 56.0 Å². The van der Waals surface area contributed by atoms with Gasteiger partial charge in [-0.25, -0.2) is 0 Å². The van der Waals surface area contributed by atoms with Crippen LogP contribution in [-0.2, 0) is 9.59 Å². The number of methoxy groups -OCH3 is 1. The van der Waals surface area contributed by atoms with Crippen molar-refractivity contribution in [2.45, 2.75) is 31.8 Å². The first-order chi connectivity index (χ1) is 14.5. The van der Waals surface area contributed by atoms with E-state index < -0.39 is 0 Å². The van der Waals surface area contributed by atoms with Gasteiger partial charge in [0.05, 0.1) is 18.9 Å². The predicted octanol–water partition coefficient (Wildman–Crippen LogP) is 4.03. The van der Waals surface area contributed by atoms with Crippen LogP contribution in [0.25, 0.3) is 0 Å². The van der Waals surface area contributed by atoms with Crippen molar-refractivity contribution in [1.82, 2.24) is 0 Å². The van der Waals surface area contributed by atoms with Gasteiger partial charge in [0.1, 0.15) is 12.3 Å². The Labute approximate surface area is 179 Å². The summed E-state index contributed by atoms with van der Waals surface area (Å²) >= 11 is 6.05. The molecule has 1 aliphatic carbocycles. The summed E-state index contributed by atoms with van der Waals surface area (Å²) in [6.07, 6.45) is 4.50. The van der Waals surface area contributed by atoms with Crippen molar-refractivity contribution < 1.29 is 23.8 Å². The van der Waals surface area contributed by atoms with E-state index in [1.807, 2.05) is 0 Å². The number of rotatable bonds is 6. The highest BCUT2D eigenvalue weighted by Crippen LogP contribution is 2.35. The van der Waals surface area contributed by atoms with Crippen molar-refractivity contribution in [2.75, 3.05) is 30.5 Å². The van der Waals surface area contributed by atoms with Gasteiger partial charge in [-0.15, -0.1) is 0 Å². The summed E-state index contributed by atoms with van der Waals surface area (Å²) in [6, 6.07) is 10.2. The van der Waals surface area contributed by atoms with Crippen LogP contribution in [0.1, 0.15) is 25.7 Å². The number of carbonyl (C=O) groups is 2. The second kappa shape index (κ2) is 8.83. The molecule has 0 unspecified atom stereocenters. The number of nitrogens with one attached hydrogen (secondary N) is 1. The molecule has 0 atom stereocenters. The van der Waals surface area contributed by atoms with E-state index in [0.717, 1.165) is 25.7 Å². The molecule has 1 N–H and O–H groups in total. The van der Waals surface area contributed by atoms with Crippen molar-refractivity contribution >= 4 is 34.8 Å².